The van der Waals surface area contributed by atoms with Crippen molar-refractivity contribution in [3.8, 4) is 0 Å². The van der Waals surface area contributed by atoms with Crippen LogP contribution in [-0.4, -0.2) is 32.9 Å². The van der Waals surface area contributed by atoms with Crippen molar-refractivity contribution in [2.24, 2.45) is 5.73 Å². The van der Waals surface area contributed by atoms with E-state index in [2.05, 4.69) is 9.55 Å². The number of hydrogen-bond donors (Lipinski definition) is 1. The molecule has 1 amide bonds. The van der Waals surface area contributed by atoms with Crippen LogP contribution in [0.5, 0.6) is 0 Å². The monoisotopic (exact) mass is 342 g/mol. The molecule has 0 spiro atoms. The molecule has 0 unspecified atom stereocenters. The Bertz CT molecular complexity index is 603. The topological polar surface area (TPSA) is 64.2 Å². The summed E-state index contributed by atoms with van der Waals surface area (Å²) in [6.45, 7) is 2.04. The third-order valence-corrected chi connectivity index (χ3v) is 3.67. The molecular weight excluding hydrogens is 323 g/mol. The van der Waals surface area contributed by atoms with Gasteiger partial charge in [0.1, 0.15) is 5.82 Å². The summed E-state index contributed by atoms with van der Waals surface area (Å²) in [7, 11) is 0. The molecule has 0 bridgehead atoms. The highest BCUT2D eigenvalue weighted by molar-refractivity contribution is 5.85. The molecule has 3 rings (SSSR count). The minimum atomic E-state index is -0.487. The van der Waals surface area contributed by atoms with Gasteiger partial charge in [0.05, 0.1) is 12.6 Å². The molecule has 0 saturated heterocycles. The summed E-state index contributed by atoms with van der Waals surface area (Å²) >= 11 is 0. The van der Waals surface area contributed by atoms with Gasteiger partial charge in [0, 0.05) is 25.5 Å². The van der Waals surface area contributed by atoms with Gasteiger partial charge in [-0.15, -0.1) is 24.8 Å². The van der Waals surface area contributed by atoms with E-state index in [9.17, 15) is 4.79 Å². The van der Waals surface area contributed by atoms with E-state index in [0.29, 0.717) is 19.5 Å². The molecule has 1 atom stereocenters. The summed E-state index contributed by atoms with van der Waals surface area (Å²) in [6.07, 6.45) is 4.29. The highest BCUT2D eigenvalue weighted by Gasteiger charge is 2.25. The summed E-state index contributed by atoms with van der Waals surface area (Å²) < 4.78 is 2.08. The molecular formula is C15H20Cl2N4O. The Kier molecular flexibility index (Phi) is 6.87. The van der Waals surface area contributed by atoms with Crippen molar-refractivity contribution < 1.29 is 4.79 Å². The van der Waals surface area contributed by atoms with Crippen LogP contribution in [0.4, 0.5) is 0 Å². The van der Waals surface area contributed by atoms with Crippen LogP contribution in [0.2, 0.25) is 0 Å². The zero-order valence-electron chi connectivity index (χ0n) is 12.1. The van der Waals surface area contributed by atoms with Crippen molar-refractivity contribution in [3.05, 3.63) is 54.1 Å². The highest BCUT2D eigenvalue weighted by atomic mass is 35.5. The van der Waals surface area contributed by atoms with Gasteiger partial charge in [-0.05, 0) is 12.0 Å². The van der Waals surface area contributed by atoms with Crippen LogP contribution in [0.3, 0.4) is 0 Å². The number of rotatable bonds is 3. The normalized spacial score (nSPS) is 14.3. The number of imidazole rings is 1. The minimum absolute atomic E-state index is 0. The third kappa shape index (κ3) is 4.00. The molecule has 120 valence electrons. The number of fused-ring (bicyclic) bond motifs is 1. The van der Waals surface area contributed by atoms with E-state index < -0.39 is 6.04 Å². The van der Waals surface area contributed by atoms with Gasteiger partial charge in [0.15, 0.2) is 0 Å². The van der Waals surface area contributed by atoms with Crippen molar-refractivity contribution in [2.45, 2.75) is 25.6 Å². The number of nitrogens with two attached hydrogens (primary N) is 1. The Morgan fingerprint density at radius 3 is 2.68 bits per heavy atom. The Morgan fingerprint density at radius 1 is 1.23 bits per heavy atom. The zero-order chi connectivity index (χ0) is 13.9. The first-order chi connectivity index (χ1) is 9.74. The smallest absolute Gasteiger partial charge is 0.240 e. The van der Waals surface area contributed by atoms with E-state index in [4.69, 9.17) is 5.73 Å². The number of amides is 1. The van der Waals surface area contributed by atoms with Crippen LogP contribution in [0.1, 0.15) is 11.4 Å². The minimum Gasteiger partial charge on any atom is -0.332 e. The average Bonchev–Trinajstić information content (AvgIpc) is 2.94. The summed E-state index contributed by atoms with van der Waals surface area (Å²) in [5.41, 5.74) is 7.15. The predicted octanol–water partition coefficient (Wildman–Crippen LogP) is 1.64. The molecule has 2 heterocycles. The van der Waals surface area contributed by atoms with Crippen LogP contribution in [-0.2, 0) is 24.3 Å². The maximum absolute atomic E-state index is 12.4. The largest absolute Gasteiger partial charge is 0.332 e. The van der Waals surface area contributed by atoms with Gasteiger partial charge >= 0.3 is 0 Å². The van der Waals surface area contributed by atoms with Crippen molar-refractivity contribution >= 4 is 30.7 Å². The number of nitrogens with zero attached hydrogens (tertiary/aromatic N) is 3. The fourth-order valence-electron chi connectivity index (χ4n) is 2.55. The zero-order valence-corrected chi connectivity index (χ0v) is 13.7. The lowest BCUT2D eigenvalue weighted by molar-refractivity contribution is -0.134. The van der Waals surface area contributed by atoms with E-state index in [1.165, 1.54) is 0 Å². The maximum Gasteiger partial charge on any atom is 0.240 e. The SMILES string of the molecule is Cl.Cl.N[C@@H](Cc1ccccc1)C(=O)N1CCn2ccnc2C1. The molecule has 1 aliphatic rings. The van der Waals surface area contributed by atoms with E-state index >= 15 is 0 Å². The van der Waals surface area contributed by atoms with Crippen LogP contribution in [0.25, 0.3) is 0 Å². The predicted molar refractivity (Wildman–Crippen MR) is 90.3 cm³/mol. The van der Waals surface area contributed by atoms with Gasteiger partial charge in [0.2, 0.25) is 5.91 Å². The molecule has 7 heteroatoms. The standard InChI is InChI=1S/C15H18N4O.2ClH/c16-13(10-12-4-2-1-3-5-12)15(20)19-9-8-18-7-6-17-14(18)11-19;;/h1-7,13H,8-11,16H2;2*1H/t13-;;/m0../s1. The number of aromatic nitrogens is 2. The molecule has 22 heavy (non-hydrogen) atoms. The highest BCUT2D eigenvalue weighted by Crippen LogP contribution is 2.12. The number of carbonyl (C=O) groups is 1. The molecule has 1 aromatic carbocycles. The molecule has 0 radical (unpaired) electrons. The Balaban J connectivity index is 0.00000121. The summed E-state index contributed by atoms with van der Waals surface area (Å²) in [5.74, 6) is 0.930. The Morgan fingerprint density at radius 2 is 1.95 bits per heavy atom. The number of hydrogen-bond acceptors (Lipinski definition) is 3. The van der Waals surface area contributed by atoms with Crippen molar-refractivity contribution in [1.29, 1.82) is 0 Å². The Hall–Kier alpha value is -1.56. The molecule has 0 aliphatic carbocycles. The van der Waals surface area contributed by atoms with Gasteiger partial charge in [-0.2, -0.15) is 0 Å². The molecule has 0 fully saturated rings. The van der Waals surface area contributed by atoms with E-state index in [1.54, 1.807) is 11.1 Å². The van der Waals surface area contributed by atoms with Crippen LogP contribution >= 0.6 is 24.8 Å². The lowest BCUT2D eigenvalue weighted by Crippen LogP contribution is -2.47. The Labute approximate surface area is 142 Å². The van der Waals surface area contributed by atoms with E-state index in [-0.39, 0.29) is 30.7 Å². The summed E-state index contributed by atoms with van der Waals surface area (Å²) in [4.78, 5) is 18.5. The van der Waals surface area contributed by atoms with Crippen molar-refractivity contribution in [1.82, 2.24) is 14.5 Å². The molecule has 1 aliphatic heterocycles. The van der Waals surface area contributed by atoms with Crippen LogP contribution in [0.15, 0.2) is 42.7 Å². The fourth-order valence-corrected chi connectivity index (χ4v) is 2.55. The lowest BCUT2D eigenvalue weighted by atomic mass is 10.1. The van der Waals surface area contributed by atoms with Gasteiger partial charge < -0.3 is 15.2 Å². The van der Waals surface area contributed by atoms with Gasteiger partial charge in [0.25, 0.3) is 0 Å². The first kappa shape index (κ1) is 18.5. The fraction of sp³-hybridized carbons (Fsp3) is 0.333. The molecule has 5 nitrogen and oxygen atoms in total. The van der Waals surface area contributed by atoms with E-state index in [1.807, 2.05) is 36.5 Å². The first-order valence-electron chi connectivity index (χ1n) is 6.82. The molecule has 2 N–H and O–H groups in total. The second-order valence-electron chi connectivity index (χ2n) is 5.09. The average molecular weight is 343 g/mol. The number of carbonyl (C=O) groups excluding carboxylic acids is 1. The second kappa shape index (κ2) is 8.17. The van der Waals surface area contributed by atoms with Gasteiger partial charge in [-0.1, -0.05) is 30.3 Å². The lowest BCUT2D eigenvalue weighted by Gasteiger charge is -2.29. The third-order valence-electron chi connectivity index (χ3n) is 3.67. The van der Waals surface area contributed by atoms with Crippen molar-refractivity contribution in [3.63, 3.8) is 0 Å². The number of benzene rings is 1. The molecule has 0 saturated carbocycles. The second-order valence-corrected chi connectivity index (χ2v) is 5.09. The van der Waals surface area contributed by atoms with E-state index in [0.717, 1.165) is 17.9 Å². The first-order valence-corrected chi connectivity index (χ1v) is 6.82. The van der Waals surface area contributed by atoms with Crippen molar-refractivity contribution in [2.75, 3.05) is 6.54 Å². The summed E-state index contributed by atoms with van der Waals surface area (Å²) in [5, 5.41) is 0. The number of halogens is 2. The quantitative estimate of drug-likeness (QED) is 0.922. The van der Waals surface area contributed by atoms with Crippen LogP contribution in [0, 0.1) is 0 Å². The maximum atomic E-state index is 12.4. The molecule has 2 aromatic rings. The van der Waals surface area contributed by atoms with Crippen LogP contribution < -0.4 is 5.73 Å². The van der Waals surface area contributed by atoms with Gasteiger partial charge in [-0.3, -0.25) is 4.79 Å². The van der Waals surface area contributed by atoms with Gasteiger partial charge in [-0.25, -0.2) is 4.98 Å². The molecule has 1 aromatic heterocycles. The summed E-state index contributed by atoms with van der Waals surface area (Å²) in [6, 6.07) is 9.39.